The molecule has 0 saturated heterocycles. The monoisotopic (exact) mass is 304 g/mol. The predicted molar refractivity (Wildman–Crippen MR) is 71.6 cm³/mol. The minimum Gasteiger partial charge on any atom is -0.490 e. The molecule has 1 fully saturated rings. The molecule has 1 aromatic rings. The Morgan fingerprint density at radius 2 is 2.10 bits per heavy atom. The van der Waals surface area contributed by atoms with Crippen LogP contribution in [0, 0.1) is 0 Å². The highest BCUT2D eigenvalue weighted by atomic mass is 19.4. The molecule has 0 aliphatic heterocycles. The van der Waals surface area contributed by atoms with Gasteiger partial charge in [0.15, 0.2) is 0 Å². The van der Waals surface area contributed by atoms with Crippen molar-refractivity contribution < 1.29 is 22.6 Å². The molecule has 1 atom stereocenters. The molecule has 1 aromatic carbocycles. The lowest BCUT2D eigenvalue weighted by molar-refractivity contribution is -0.174. The average Bonchev–Trinajstić information content (AvgIpc) is 3.22. The fourth-order valence-electron chi connectivity index (χ4n) is 1.92. The third-order valence-corrected chi connectivity index (χ3v) is 3.11. The Kier molecular flexibility index (Phi) is 5.44. The van der Waals surface area contributed by atoms with Crippen LogP contribution in [0.4, 0.5) is 13.2 Å². The lowest BCUT2D eigenvalue weighted by atomic mass is 10.0. The first-order valence-electron chi connectivity index (χ1n) is 6.85. The quantitative estimate of drug-likeness (QED) is 0.440. The van der Waals surface area contributed by atoms with Gasteiger partial charge in [-0.15, -0.1) is 0 Å². The van der Waals surface area contributed by atoms with Crippen LogP contribution in [0.2, 0.25) is 0 Å². The maximum absolute atomic E-state index is 12.0. The number of hydrogen-bond acceptors (Lipinski definition) is 4. The number of halogens is 3. The average molecular weight is 304 g/mol. The highest BCUT2D eigenvalue weighted by Crippen LogP contribution is 2.28. The summed E-state index contributed by atoms with van der Waals surface area (Å²) >= 11 is 0. The van der Waals surface area contributed by atoms with Gasteiger partial charge in [-0.25, -0.2) is 0 Å². The van der Waals surface area contributed by atoms with E-state index in [9.17, 15) is 13.2 Å². The number of benzene rings is 1. The Morgan fingerprint density at radius 3 is 2.71 bits per heavy atom. The van der Waals surface area contributed by atoms with E-state index < -0.39 is 12.8 Å². The first-order chi connectivity index (χ1) is 9.98. The van der Waals surface area contributed by atoms with Crippen LogP contribution in [0.3, 0.4) is 0 Å². The van der Waals surface area contributed by atoms with E-state index in [0.717, 1.165) is 24.2 Å². The summed E-state index contributed by atoms with van der Waals surface area (Å²) in [5, 5.41) is 0. The summed E-state index contributed by atoms with van der Waals surface area (Å²) in [6, 6.07) is 7.13. The number of hydrogen-bond donors (Lipinski definition) is 2. The number of hydrazine groups is 1. The van der Waals surface area contributed by atoms with E-state index in [1.165, 1.54) is 0 Å². The van der Waals surface area contributed by atoms with Crippen molar-refractivity contribution in [2.75, 3.05) is 13.2 Å². The van der Waals surface area contributed by atoms with Crippen molar-refractivity contribution in [1.82, 2.24) is 5.43 Å². The second kappa shape index (κ2) is 7.11. The van der Waals surface area contributed by atoms with Crippen LogP contribution in [0.15, 0.2) is 24.3 Å². The second-order valence-corrected chi connectivity index (χ2v) is 5.07. The highest BCUT2D eigenvalue weighted by molar-refractivity contribution is 5.31. The summed E-state index contributed by atoms with van der Waals surface area (Å²) in [7, 11) is 0. The minimum absolute atomic E-state index is 0.0257. The van der Waals surface area contributed by atoms with Crippen LogP contribution in [-0.2, 0) is 4.74 Å². The van der Waals surface area contributed by atoms with Gasteiger partial charge in [-0.1, -0.05) is 12.1 Å². The third kappa shape index (κ3) is 5.91. The van der Waals surface area contributed by atoms with Crippen molar-refractivity contribution in [3.05, 3.63) is 29.8 Å². The summed E-state index contributed by atoms with van der Waals surface area (Å²) < 4.78 is 46.2. The van der Waals surface area contributed by atoms with Crippen LogP contribution in [0.1, 0.15) is 30.9 Å². The molecule has 1 saturated carbocycles. The Morgan fingerprint density at radius 1 is 1.33 bits per heavy atom. The van der Waals surface area contributed by atoms with Crippen molar-refractivity contribution in [1.29, 1.82) is 0 Å². The van der Waals surface area contributed by atoms with E-state index in [0.29, 0.717) is 12.5 Å². The third-order valence-electron chi connectivity index (χ3n) is 3.11. The molecule has 7 heteroatoms. The van der Waals surface area contributed by atoms with Gasteiger partial charge in [0.25, 0.3) is 0 Å². The molecule has 0 heterocycles. The maximum atomic E-state index is 12.0. The molecule has 1 unspecified atom stereocenters. The molecule has 118 valence electrons. The Hall–Kier alpha value is -1.31. The molecular weight excluding hydrogens is 285 g/mol. The highest BCUT2D eigenvalue weighted by Gasteiger charge is 2.27. The van der Waals surface area contributed by atoms with E-state index in [1.54, 1.807) is 0 Å². The van der Waals surface area contributed by atoms with E-state index >= 15 is 0 Å². The van der Waals surface area contributed by atoms with Gasteiger partial charge in [-0.05, 0) is 37.0 Å². The molecule has 0 aromatic heterocycles. The summed E-state index contributed by atoms with van der Waals surface area (Å²) in [4.78, 5) is 0. The zero-order chi connectivity index (χ0) is 15.3. The van der Waals surface area contributed by atoms with Gasteiger partial charge in [0.05, 0.1) is 6.10 Å². The first kappa shape index (κ1) is 16.1. The Bertz CT molecular complexity index is 450. The van der Waals surface area contributed by atoms with Crippen LogP contribution in [-0.4, -0.2) is 25.5 Å². The van der Waals surface area contributed by atoms with Crippen LogP contribution >= 0.6 is 0 Å². The van der Waals surface area contributed by atoms with E-state index in [1.807, 2.05) is 24.3 Å². The zero-order valence-corrected chi connectivity index (χ0v) is 11.5. The van der Waals surface area contributed by atoms with Crippen molar-refractivity contribution >= 4 is 0 Å². The lowest BCUT2D eigenvalue weighted by Crippen LogP contribution is -2.29. The zero-order valence-electron chi connectivity index (χ0n) is 11.5. The van der Waals surface area contributed by atoms with Crippen molar-refractivity contribution in [2.45, 2.75) is 37.6 Å². The minimum atomic E-state index is -4.30. The van der Waals surface area contributed by atoms with Crippen LogP contribution in [0.25, 0.3) is 0 Å². The topological polar surface area (TPSA) is 56.5 Å². The Balaban J connectivity index is 1.84. The van der Waals surface area contributed by atoms with E-state index in [4.69, 9.17) is 10.6 Å². The van der Waals surface area contributed by atoms with Crippen LogP contribution < -0.4 is 16.0 Å². The second-order valence-electron chi connectivity index (χ2n) is 5.07. The van der Waals surface area contributed by atoms with E-state index in [2.05, 4.69) is 10.2 Å². The number of ether oxygens (including phenoxy) is 2. The molecule has 0 bridgehead atoms. The van der Waals surface area contributed by atoms with Gasteiger partial charge in [0, 0.05) is 12.6 Å². The number of alkyl halides is 3. The summed E-state index contributed by atoms with van der Waals surface area (Å²) in [5.41, 5.74) is 3.46. The summed E-state index contributed by atoms with van der Waals surface area (Å²) in [5.74, 6) is 6.22. The van der Waals surface area contributed by atoms with Crippen LogP contribution in [0.5, 0.6) is 5.75 Å². The number of nitrogens with one attached hydrogen (secondary N) is 1. The van der Waals surface area contributed by atoms with Gasteiger partial charge >= 0.3 is 6.18 Å². The molecule has 2 rings (SSSR count). The Labute approximate surface area is 121 Å². The largest absolute Gasteiger partial charge is 0.490 e. The predicted octanol–water partition coefficient (Wildman–Crippen LogP) is 2.70. The van der Waals surface area contributed by atoms with Gasteiger partial charge in [-0.3, -0.25) is 11.3 Å². The van der Waals surface area contributed by atoms with Crippen molar-refractivity contribution in [2.24, 2.45) is 5.84 Å². The van der Waals surface area contributed by atoms with Gasteiger partial charge in [0.1, 0.15) is 12.4 Å². The fraction of sp³-hybridized carbons (Fsp3) is 0.571. The standard InChI is InChI=1S/C14H19F3N2O2/c15-14(16,17)9-20-7-6-13(19-18)10-2-1-3-12(8-10)21-11-4-5-11/h1-3,8,11,13,19H,4-7,9,18H2. The molecule has 0 spiro atoms. The smallest absolute Gasteiger partial charge is 0.411 e. The number of rotatable bonds is 8. The molecule has 1 aliphatic carbocycles. The molecule has 4 nitrogen and oxygen atoms in total. The van der Waals surface area contributed by atoms with E-state index in [-0.39, 0.29) is 12.6 Å². The molecule has 1 aliphatic rings. The maximum Gasteiger partial charge on any atom is 0.411 e. The first-order valence-corrected chi connectivity index (χ1v) is 6.85. The lowest BCUT2D eigenvalue weighted by Gasteiger charge is -2.17. The SMILES string of the molecule is NNC(CCOCC(F)(F)F)c1cccc(OC2CC2)c1. The summed E-state index contributed by atoms with van der Waals surface area (Å²) in [6.07, 6.45) is -1.54. The van der Waals surface area contributed by atoms with Gasteiger partial charge in [0.2, 0.25) is 0 Å². The number of nitrogens with two attached hydrogens (primary N) is 1. The van der Waals surface area contributed by atoms with Gasteiger partial charge in [-0.2, -0.15) is 13.2 Å². The summed E-state index contributed by atoms with van der Waals surface area (Å²) in [6.45, 7) is -1.27. The molecule has 0 amide bonds. The molecule has 21 heavy (non-hydrogen) atoms. The molecular formula is C14H19F3N2O2. The fourth-order valence-corrected chi connectivity index (χ4v) is 1.92. The van der Waals surface area contributed by atoms with Gasteiger partial charge < -0.3 is 9.47 Å². The van der Waals surface area contributed by atoms with Crippen molar-refractivity contribution in [3.8, 4) is 5.75 Å². The molecule has 0 radical (unpaired) electrons. The normalized spacial score (nSPS) is 16.8. The van der Waals surface area contributed by atoms with Crippen molar-refractivity contribution in [3.63, 3.8) is 0 Å². The molecule has 3 N–H and O–H groups in total.